The van der Waals surface area contributed by atoms with Crippen molar-refractivity contribution in [2.45, 2.75) is 4.90 Å². The van der Waals surface area contributed by atoms with Gasteiger partial charge in [-0.05, 0) is 17.3 Å². The Kier molecular flexibility index (Phi) is 4.30. The largest absolute Gasteiger partial charge is 0.355 e. The average molecular weight is 337 g/mol. The summed E-state index contributed by atoms with van der Waals surface area (Å²) in [6.45, 7) is 0. The first kappa shape index (κ1) is 16.0. The highest BCUT2D eigenvalue weighted by molar-refractivity contribution is 7.85. The van der Waals surface area contributed by atoms with Crippen molar-refractivity contribution in [2.24, 2.45) is 0 Å². The highest BCUT2D eigenvalue weighted by Gasteiger charge is 2.19. The summed E-state index contributed by atoms with van der Waals surface area (Å²) in [5.41, 5.74) is -0.771. The van der Waals surface area contributed by atoms with Crippen LogP contribution < -0.4 is 5.32 Å². The number of nitro groups is 1. The minimum absolute atomic E-state index is 0.0304. The van der Waals surface area contributed by atoms with Gasteiger partial charge in [-0.3, -0.25) is 14.7 Å². The van der Waals surface area contributed by atoms with E-state index in [-0.39, 0.29) is 17.1 Å². The summed E-state index contributed by atoms with van der Waals surface area (Å²) in [6.07, 6.45) is 1.10. The van der Waals surface area contributed by atoms with Gasteiger partial charge in [-0.25, -0.2) is 0 Å². The van der Waals surface area contributed by atoms with Crippen molar-refractivity contribution in [1.29, 1.82) is 5.26 Å². The molecule has 0 saturated heterocycles. The summed E-state index contributed by atoms with van der Waals surface area (Å²) >= 11 is 0. The molecule has 0 aliphatic heterocycles. The summed E-state index contributed by atoms with van der Waals surface area (Å²) in [5, 5.41) is 35.0. The number of aromatic nitrogens is 4. The van der Waals surface area contributed by atoms with Crippen molar-refractivity contribution in [3.8, 4) is 6.07 Å². The van der Waals surface area contributed by atoms with Gasteiger partial charge in [0.2, 0.25) is 5.82 Å². The van der Waals surface area contributed by atoms with Crippen molar-refractivity contribution in [2.75, 3.05) is 5.32 Å². The summed E-state index contributed by atoms with van der Waals surface area (Å²) < 4.78 is 30.9. The number of nitrogens with one attached hydrogen (secondary N) is 2. The van der Waals surface area contributed by atoms with Gasteiger partial charge in [0.1, 0.15) is 22.2 Å². The minimum Gasteiger partial charge on any atom is -0.355 e. The molecule has 0 fully saturated rings. The molecule has 1 aromatic carbocycles. The van der Waals surface area contributed by atoms with Gasteiger partial charge in [0.15, 0.2) is 0 Å². The molecule has 0 aliphatic rings. The lowest BCUT2D eigenvalue weighted by atomic mass is 10.2. The van der Waals surface area contributed by atoms with Crippen LogP contribution in [-0.4, -0.2) is 38.5 Å². The smallest absolute Gasteiger partial charge is 0.294 e. The van der Waals surface area contributed by atoms with E-state index in [9.17, 15) is 18.5 Å². The van der Waals surface area contributed by atoms with Crippen LogP contribution in [0.15, 0.2) is 29.3 Å². The lowest BCUT2D eigenvalue weighted by molar-refractivity contribution is -0.384. The van der Waals surface area contributed by atoms with E-state index in [2.05, 4.69) is 25.9 Å². The fourth-order valence-corrected chi connectivity index (χ4v) is 2.02. The second-order valence-corrected chi connectivity index (χ2v) is 5.38. The van der Waals surface area contributed by atoms with Gasteiger partial charge >= 0.3 is 0 Å². The molecule has 13 heteroatoms. The van der Waals surface area contributed by atoms with Crippen LogP contribution in [0.25, 0.3) is 5.57 Å². The van der Waals surface area contributed by atoms with Crippen molar-refractivity contribution >= 4 is 27.1 Å². The van der Waals surface area contributed by atoms with Crippen molar-refractivity contribution in [1.82, 2.24) is 20.6 Å². The Labute approximate surface area is 128 Å². The fraction of sp³-hybridized carbons (Fsp3) is 0. The Morgan fingerprint density at radius 2 is 2.26 bits per heavy atom. The SMILES string of the molecule is N#CC(=CNc1ccc(S(=O)(=O)O)cc1[N+](=O)[O-])c1nn[nH]n1. The maximum Gasteiger partial charge on any atom is 0.294 e. The predicted octanol–water partition coefficient (Wildman–Crippen LogP) is 0.331. The van der Waals surface area contributed by atoms with E-state index in [0.29, 0.717) is 6.07 Å². The van der Waals surface area contributed by atoms with E-state index in [0.717, 1.165) is 18.3 Å². The van der Waals surface area contributed by atoms with Crippen molar-refractivity contribution < 1.29 is 17.9 Å². The zero-order chi connectivity index (χ0) is 17.0. The molecule has 0 radical (unpaired) electrons. The number of hydrogen-bond acceptors (Lipinski definition) is 9. The van der Waals surface area contributed by atoms with Crippen molar-refractivity contribution in [3.63, 3.8) is 0 Å². The monoisotopic (exact) mass is 337 g/mol. The molecule has 1 heterocycles. The van der Waals surface area contributed by atoms with Gasteiger partial charge in [-0.1, -0.05) is 0 Å². The van der Waals surface area contributed by atoms with Crippen LogP contribution in [0, 0.1) is 21.4 Å². The Morgan fingerprint density at radius 3 is 2.78 bits per heavy atom. The number of anilines is 1. The molecule has 0 spiro atoms. The zero-order valence-corrected chi connectivity index (χ0v) is 11.9. The molecular weight excluding hydrogens is 330 g/mol. The number of tetrazole rings is 1. The minimum atomic E-state index is -4.58. The second kappa shape index (κ2) is 6.17. The number of allylic oxidation sites excluding steroid dienone is 1. The van der Waals surface area contributed by atoms with Crippen LogP contribution in [0.1, 0.15) is 5.82 Å². The third-order valence-electron chi connectivity index (χ3n) is 2.54. The fourth-order valence-electron chi connectivity index (χ4n) is 1.52. The number of aromatic amines is 1. The predicted molar refractivity (Wildman–Crippen MR) is 74.3 cm³/mol. The van der Waals surface area contributed by atoms with Gasteiger partial charge in [0.25, 0.3) is 15.8 Å². The third kappa shape index (κ3) is 3.64. The van der Waals surface area contributed by atoms with Crippen LogP contribution in [0.3, 0.4) is 0 Å². The number of nitro benzene ring substituents is 1. The van der Waals surface area contributed by atoms with Crippen molar-refractivity contribution in [3.05, 3.63) is 40.3 Å². The topological polar surface area (TPSA) is 188 Å². The van der Waals surface area contributed by atoms with Crippen LogP contribution in [0.4, 0.5) is 11.4 Å². The van der Waals surface area contributed by atoms with E-state index in [1.807, 2.05) is 0 Å². The molecule has 0 unspecified atom stereocenters. The first-order valence-electron chi connectivity index (χ1n) is 5.69. The van der Waals surface area contributed by atoms with Crippen LogP contribution in [0.2, 0.25) is 0 Å². The number of nitriles is 1. The number of H-pyrrole nitrogens is 1. The number of benzene rings is 1. The second-order valence-electron chi connectivity index (χ2n) is 3.96. The standard InChI is InChI=1S/C10H7N7O5S/c11-4-6(10-13-15-16-14-10)5-12-8-2-1-7(23(20,21)22)3-9(8)17(18)19/h1-3,5,12H,(H,20,21,22)(H,13,14,15,16). The zero-order valence-electron chi connectivity index (χ0n) is 11.0. The van der Waals surface area contributed by atoms with E-state index in [1.54, 1.807) is 6.07 Å². The molecule has 23 heavy (non-hydrogen) atoms. The highest BCUT2D eigenvalue weighted by Crippen LogP contribution is 2.28. The van der Waals surface area contributed by atoms with Gasteiger partial charge in [-0.15, -0.1) is 10.2 Å². The Morgan fingerprint density at radius 1 is 1.52 bits per heavy atom. The Balaban J connectivity index is 2.40. The summed E-state index contributed by atoms with van der Waals surface area (Å²) in [5.74, 6) is -0.0304. The van der Waals surface area contributed by atoms with Crippen LogP contribution >= 0.6 is 0 Å². The quantitative estimate of drug-likeness (QED) is 0.297. The number of rotatable bonds is 5. The van der Waals surface area contributed by atoms with Crippen LogP contribution in [-0.2, 0) is 10.1 Å². The van der Waals surface area contributed by atoms with E-state index in [4.69, 9.17) is 9.81 Å². The van der Waals surface area contributed by atoms with Crippen LogP contribution in [0.5, 0.6) is 0 Å². The first-order valence-corrected chi connectivity index (χ1v) is 7.13. The van der Waals surface area contributed by atoms with E-state index >= 15 is 0 Å². The molecule has 0 amide bonds. The molecule has 3 N–H and O–H groups in total. The van der Waals surface area contributed by atoms with Gasteiger partial charge in [0.05, 0.1) is 4.92 Å². The highest BCUT2D eigenvalue weighted by atomic mass is 32.2. The van der Waals surface area contributed by atoms with Gasteiger partial charge in [-0.2, -0.15) is 18.9 Å². The molecule has 0 saturated carbocycles. The number of hydrogen-bond donors (Lipinski definition) is 3. The molecular formula is C10H7N7O5S. The molecule has 2 rings (SSSR count). The maximum atomic E-state index is 11.0. The van der Waals surface area contributed by atoms with Gasteiger partial charge < -0.3 is 5.32 Å². The van der Waals surface area contributed by atoms with E-state index < -0.39 is 25.6 Å². The summed E-state index contributed by atoms with van der Waals surface area (Å²) in [4.78, 5) is 9.54. The Hall–Kier alpha value is -3.37. The molecule has 0 atom stereocenters. The normalized spacial score (nSPS) is 11.7. The molecule has 12 nitrogen and oxygen atoms in total. The molecule has 0 bridgehead atoms. The third-order valence-corrected chi connectivity index (χ3v) is 3.39. The summed E-state index contributed by atoms with van der Waals surface area (Å²) in [7, 11) is -4.58. The Bertz CT molecular complexity index is 914. The summed E-state index contributed by atoms with van der Waals surface area (Å²) in [6, 6.07) is 4.50. The van der Waals surface area contributed by atoms with E-state index in [1.165, 1.54) is 0 Å². The first-order chi connectivity index (χ1) is 10.8. The molecule has 0 aliphatic carbocycles. The molecule has 118 valence electrons. The van der Waals surface area contributed by atoms with Gasteiger partial charge in [0, 0.05) is 12.3 Å². The molecule has 2 aromatic rings. The lowest BCUT2D eigenvalue weighted by Crippen LogP contribution is -2.02. The average Bonchev–Trinajstić information content (AvgIpc) is 3.01. The number of nitrogens with zero attached hydrogens (tertiary/aromatic N) is 5. The maximum absolute atomic E-state index is 11.0. The lowest BCUT2D eigenvalue weighted by Gasteiger charge is -2.04. The molecule has 1 aromatic heterocycles.